The number of nitrogens with one attached hydrogen (secondary N) is 1. The number of nitrogens with zero attached hydrogens (tertiary/aromatic N) is 2. The number of ether oxygens (including phenoxy) is 1. The van der Waals surface area contributed by atoms with Crippen molar-refractivity contribution in [3.05, 3.63) is 34.7 Å². The molecule has 1 amide bonds. The highest BCUT2D eigenvalue weighted by Gasteiger charge is 2.34. The highest BCUT2D eigenvalue weighted by atomic mass is 16.5. The molecule has 0 aliphatic carbocycles. The molecule has 6 nitrogen and oxygen atoms in total. The highest BCUT2D eigenvalue weighted by Crippen LogP contribution is 2.18. The smallest absolute Gasteiger partial charge is 0.250 e. The molecule has 2 aliphatic rings. The van der Waals surface area contributed by atoms with E-state index in [1.807, 2.05) is 0 Å². The minimum atomic E-state index is -0.159. The Kier molecular flexibility index (Phi) is 4.90. The number of amides is 1. The Labute approximate surface area is 130 Å². The summed E-state index contributed by atoms with van der Waals surface area (Å²) in [6.45, 7) is 3.45. The lowest BCUT2D eigenvalue weighted by Crippen LogP contribution is -2.53. The number of pyridine rings is 1. The third-order valence-corrected chi connectivity index (χ3v) is 4.47. The Morgan fingerprint density at radius 1 is 1.23 bits per heavy atom. The van der Waals surface area contributed by atoms with Gasteiger partial charge in [0.15, 0.2) is 0 Å². The number of likely N-dealkylation sites (tertiary alicyclic amines) is 1. The summed E-state index contributed by atoms with van der Waals surface area (Å²) in [4.78, 5) is 26.3. The molecule has 0 unspecified atom stereocenters. The molecule has 1 N–H and O–H groups in total. The van der Waals surface area contributed by atoms with E-state index in [2.05, 4.69) is 10.2 Å². The van der Waals surface area contributed by atoms with Gasteiger partial charge >= 0.3 is 0 Å². The lowest BCUT2D eigenvalue weighted by Gasteiger charge is -2.34. The van der Waals surface area contributed by atoms with E-state index in [1.165, 1.54) is 29.9 Å². The van der Waals surface area contributed by atoms with Crippen LogP contribution < -0.4 is 10.9 Å². The van der Waals surface area contributed by atoms with Gasteiger partial charge < -0.3 is 14.6 Å². The summed E-state index contributed by atoms with van der Waals surface area (Å²) in [5.41, 5.74) is -0.159. The van der Waals surface area contributed by atoms with Gasteiger partial charge in [-0.3, -0.25) is 14.5 Å². The van der Waals surface area contributed by atoms with Crippen molar-refractivity contribution in [1.29, 1.82) is 0 Å². The van der Waals surface area contributed by atoms with Gasteiger partial charge in [0.05, 0.1) is 25.3 Å². The zero-order valence-corrected chi connectivity index (χ0v) is 12.7. The van der Waals surface area contributed by atoms with Crippen molar-refractivity contribution in [3.63, 3.8) is 0 Å². The second-order valence-corrected chi connectivity index (χ2v) is 6.04. The molecule has 120 valence electrons. The molecule has 0 aromatic carbocycles. The Morgan fingerprint density at radius 3 is 2.82 bits per heavy atom. The Balaban J connectivity index is 1.58. The summed E-state index contributed by atoms with van der Waals surface area (Å²) in [6, 6.07) is 5.17. The van der Waals surface area contributed by atoms with Gasteiger partial charge in [-0.15, -0.1) is 0 Å². The molecule has 2 saturated heterocycles. The first-order chi connectivity index (χ1) is 10.7. The van der Waals surface area contributed by atoms with Crippen molar-refractivity contribution in [2.75, 3.05) is 26.3 Å². The van der Waals surface area contributed by atoms with Crippen LogP contribution in [0.3, 0.4) is 0 Å². The van der Waals surface area contributed by atoms with Gasteiger partial charge in [-0.25, -0.2) is 0 Å². The monoisotopic (exact) mass is 305 g/mol. The minimum absolute atomic E-state index is 0.0185. The molecule has 22 heavy (non-hydrogen) atoms. The normalized spacial score (nSPS) is 26.0. The largest absolute Gasteiger partial charge is 0.378 e. The van der Waals surface area contributed by atoms with E-state index in [0.29, 0.717) is 13.2 Å². The van der Waals surface area contributed by atoms with Gasteiger partial charge in [0.1, 0.15) is 6.54 Å². The van der Waals surface area contributed by atoms with Crippen molar-refractivity contribution < 1.29 is 9.53 Å². The van der Waals surface area contributed by atoms with E-state index in [-0.39, 0.29) is 30.1 Å². The number of aromatic nitrogens is 1. The van der Waals surface area contributed by atoms with Gasteiger partial charge in [-0.2, -0.15) is 0 Å². The zero-order valence-electron chi connectivity index (χ0n) is 12.7. The summed E-state index contributed by atoms with van der Waals surface area (Å²) < 4.78 is 6.99. The molecule has 0 saturated carbocycles. The third kappa shape index (κ3) is 3.56. The van der Waals surface area contributed by atoms with Crippen molar-refractivity contribution in [3.8, 4) is 0 Å². The molecule has 3 heterocycles. The van der Waals surface area contributed by atoms with Crippen LogP contribution in [0.15, 0.2) is 29.2 Å². The lowest BCUT2D eigenvalue weighted by atomic mass is 10.0. The van der Waals surface area contributed by atoms with E-state index < -0.39 is 0 Å². The first kappa shape index (κ1) is 15.2. The Hall–Kier alpha value is -1.66. The predicted molar refractivity (Wildman–Crippen MR) is 82.7 cm³/mol. The number of piperidine rings is 1. The van der Waals surface area contributed by atoms with Crippen LogP contribution in [0.4, 0.5) is 0 Å². The fourth-order valence-electron chi connectivity index (χ4n) is 3.29. The lowest BCUT2D eigenvalue weighted by molar-refractivity contribution is -0.122. The summed E-state index contributed by atoms with van der Waals surface area (Å²) in [7, 11) is 0. The van der Waals surface area contributed by atoms with Crippen LogP contribution in [0.2, 0.25) is 0 Å². The summed E-state index contributed by atoms with van der Waals surface area (Å²) >= 11 is 0. The van der Waals surface area contributed by atoms with Gasteiger partial charge in [0, 0.05) is 12.3 Å². The first-order valence-electron chi connectivity index (χ1n) is 8.01. The van der Waals surface area contributed by atoms with E-state index in [1.54, 1.807) is 18.3 Å². The molecular weight excluding hydrogens is 282 g/mol. The van der Waals surface area contributed by atoms with Crippen LogP contribution in [-0.4, -0.2) is 53.8 Å². The van der Waals surface area contributed by atoms with E-state index in [9.17, 15) is 9.59 Å². The standard InChI is InChI=1S/C16H23N3O3/c20-15(10-19-9-5-2-6-16(19)21)17-13-11-22-12-14(13)18-7-3-1-4-8-18/h2,5-6,9,13-14H,1,3-4,7-8,10-12H2,(H,17,20)/t13-,14-/m0/s1. The summed E-state index contributed by atoms with van der Waals surface area (Å²) in [5, 5.41) is 3.04. The minimum Gasteiger partial charge on any atom is -0.378 e. The molecule has 0 bridgehead atoms. The molecule has 2 atom stereocenters. The third-order valence-electron chi connectivity index (χ3n) is 4.47. The maximum Gasteiger partial charge on any atom is 0.250 e. The SMILES string of the molecule is O=C(Cn1ccccc1=O)N[C@H]1COC[C@@H]1N1CCCCC1. The predicted octanol–water partition coefficient (Wildman–Crippen LogP) is 0.218. The Morgan fingerprint density at radius 2 is 2.05 bits per heavy atom. The zero-order chi connectivity index (χ0) is 15.4. The highest BCUT2D eigenvalue weighted by molar-refractivity contribution is 5.76. The molecular formula is C16H23N3O3. The maximum atomic E-state index is 12.2. The quantitative estimate of drug-likeness (QED) is 0.864. The van der Waals surface area contributed by atoms with Crippen molar-refractivity contribution in [1.82, 2.24) is 14.8 Å². The molecule has 2 aliphatic heterocycles. The van der Waals surface area contributed by atoms with Crippen molar-refractivity contribution >= 4 is 5.91 Å². The molecule has 2 fully saturated rings. The van der Waals surface area contributed by atoms with Crippen LogP contribution in [0, 0.1) is 0 Å². The van der Waals surface area contributed by atoms with Gasteiger partial charge in [-0.05, 0) is 32.0 Å². The molecule has 3 rings (SSSR count). The molecule has 0 spiro atoms. The van der Waals surface area contributed by atoms with Crippen LogP contribution in [0.25, 0.3) is 0 Å². The second-order valence-electron chi connectivity index (χ2n) is 6.04. The average molecular weight is 305 g/mol. The van der Waals surface area contributed by atoms with Gasteiger partial charge in [0.25, 0.3) is 5.56 Å². The van der Waals surface area contributed by atoms with Crippen LogP contribution in [0.5, 0.6) is 0 Å². The van der Waals surface area contributed by atoms with E-state index in [4.69, 9.17) is 4.74 Å². The average Bonchev–Trinajstić information content (AvgIpc) is 2.98. The maximum absolute atomic E-state index is 12.2. The van der Waals surface area contributed by atoms with Crippen molar-refractivity contribution in [2.45, 2.75) is 37.9 Å². The molecule has 0 radical (unpaired) electrons. The summed E-state index contributed by atoms with van der Waals surface area (Å²) in [6.07, 6.45) is 5.36. The van der Waals surface area contributed by atoms with Gasteiger partial charge in [0.2, 0.25) is 5.91 Å². The number of rotatable bonds is 4. The Bertz CT molecular complexity index is 566. The number of carbonyl (C=O) groups is 1. The van der Waals surface area contributed by atoms with Crippen molar-refractivity contribution in [2.24, 2.45) is 0 Å². The number of carbonyl (C=O) groups excluding carboxylic acids is 1. The molecule has 1 aromatic heterocycles. The van der Waals surface area contributed by atoms with Gasteiger partial charge in [-0.1, -0.05) is 12.5 Å². The fraction of sp³-hybridized carbons (Fsp3) is 0.625. The topological polar surface area (TPSA) is 63.6 Å². The number of hydrogen-bond acceptors (Lipinski definition) is 4. The number of hydrogen-bond donors (Lipinski definition) is 1. The first-order valence-corrected chi connectivity index (χ1v) is 8.01. The van der Waals surface area contributed by atoms with E-state index >= 15 is 0 Å². The van der Waals surface area contributed by atoms with E-state index in [0.717, 1.165) is 13.1 Å². The van der Waals surface area contributed by atoms with Crippen LogP contribution in [-0.2, 0) is 16.1 Å². The summed E-state index contributed by atoms with van der Waals surface area (Å²) in [5.74, 6) is -0.134. The molecule has 6 heteroatoms. The second kappa shape index (κ2) is 7.07. The van der Waals surface area contributed by atoms with Crippen LogP contribution >= 0.6 is 0 Å². The van der Waals surface area contributed by atoms with Crippen LogP contribution in [0.1, 0.15) is 19.3 Å². The fourth-order valence-corrected chi connectivity index (χ4v) is 3.29. The molecule has 1 aromatic rings.